The van der Waals surface area contributed by atoms with Gasteiger partial charge in [-0.15, -0.1) is 5.84 Å². The SMILES string of the molecule is Cc1ccc(S(=O)(=O)[N+]2(N)N=CC3=C2CC(c2ccccc2)(c2ccccc2)C=C3)cc1. The number of rotatable bonds is 4. The van der Waals surface area contributed by atoms with Gasteiger partial charge in [0.05, 0.1) is 11.8 Å². The molecule has 0 spiro atoms. The molecule has 32 heavy (non-hydrogen) atoms. The first kappa shape index (κ1) is 20.6. The molecule has 3 aromatic carbocycles. The maximum atomic E-state index is 13.7. The van der Waals surface area contributed by atoms with Gasteiger partial charge in [-0.3, -0.25) is 0 Å². The highest BCUT2D eigenvalue weighted by molar-refractivity contribution is 7.86. The van der Waals surface area contributed by atoms with E-state index in [1.54, 1.807) is 30.5 Å². The lowest BCUT2D eigenvalue weighted by atomic mass is 9.68. The van der Waals surface area contributed by atoms with Crippen LogP contribution in [0.5, 0.6) is 0 Å². The normalized spacial score (nSPS) is 21.6. The molecule has 1 atom stereocenters. The Morgan fingerprint density at radius 3 is 2.00 bits per heavy atom. The molecular weight excluding hydrogens is 418 g/mol. The van der Waals surface area contributed by atoms with E-state index < -0.39 is 19.5 Å². The van der Waals surface area contributed by atoms with Crippen molar-refractivity contribution in [1.29, 1.82) is 0 Å². The molecule has 1 aliphatic heterocycles. The van der Waals surface area contributed by atoms with Crippen molar-refractivity contribution < 1.29 is 12.5 Å². The van der Waals surface area contributed by atoms with Crippen LogP contribution in [0.2, 0.25) is 0 Å². The summed E-state index contributed by atoms with van der Waals surface area (Å²) in [6.07, 6.45) is 6.04. The Morgan fingerprint density at radius 1 is 0.875 bits per heavy atom. The van der Waals surface area contributed by atoms with Crippen LogP contribution in [0.1, 0.15) is 23.1 Å². The van der Waals surface area contributed by atoms with E-state index in [2.05, 4.69) is 35.4 Å². The summed E-state index contributed by atoms with van der Waals surface area (Å²) < 4.78 is 26.4. The molecule has 1 aliphatic carbocycles. The lowest BCUT2D eigenvalue weighted by Gasteiger charge is -2.36. The number of quaternary nitrogens is 1. The van der Waals surface area contributed by atoms with Crippen molar-refractivity contribution in [1.82, 2.24) is 0 Å². The Bertz CT molecular complexity index is 1320. The lowest BCUT2D eigenvalue weighted by molar-refractivity contribution is -0.784. The minimum atomic E-state index is -4.01. The second kappa shape index (κ2) is 7.38. The van der Waals surface area contributed by atoms with Gasteiger partial charge < -0.3 is 0 Å². The number of allylic oxidation sites excluding steroid dienone is 4. The maximum Gasteiger partial charge on any atom is 0.374 e. The van der Waals surface area contributed by atoms with Crippen molar-refractivity contribution in [2.45, 2.75) is 23.7 Å². The van der Waals surface area contributed by atoms with Crippen LogP contribution in [-0.4, -0.2) is 18.7 Å². The van der Waals surface area contributed by atoms with Gasteiger partial charge in [-0.25, -0.2) is 0 Å². The highest BCUT2D eigenvalue weighted by atomic mass is 32.2. The highest BCUT2D eigenvalue weighted by Gasteiger charge is 2.53. The fourth-order valence-electron chi connectivity index (χ4n) is 4.50. The van der Waals surface area contributed by atoms with E-state index in [1.165, 1.54) is 0 Å². The van der Waals surface area contributed by atoms with E-state index in [4.69, 9.17) is 5.84 Å². The van der Waals surface area contributed by atoms with Crippen molar-refractivity contribution in [3.05, 3.63) is 125 Å². The van der Waals surface area contributed by atoms with Crippen molar-refractivity contribution in [3.63, 3.8) is 0 Å². The third kappa shape index (κ3) is 2.99. The van der Waals surface area contributed by atoms with E-state index in [0.717, 1.165) is 22.3 Å². The standard InChI is InChI=1S/C26H24N3O2S/c1-20-12-14-24(15-13-20)32(30,31)29(27)25-18-26(17-16-21(25)19-28-29,22-8-4-2-5-9-22)23-10-6-3-7-11-23/h2-17,19H,18,27H2,1H3/q+1. The fourth-order valence-corrected chi connectivity index (χ4v) is 5.93. The minimum Gasteiger partial charge on any atom is -0.164 e. The second-order valence-electron chi connectivity index (χ2n) is 8.27. The molecule has 0 bridgehead atoms. The van der Waals surface area contributed by atoms with Crippen LogP contribution < -0.4 is 5.84 Å². The highest BCUT2D eigenvalue weighted by Crippen LogP contribution is 2.47. The Morgan fingerprint density at radius 2 is 1.44 bits per heavy atom. The van der Waals surface area contributed by atoms with Gasteiger partial charge >= 0.3 is 10.0 Å². The monoisotopic (exact) mass is 442 g/mol. The molecule has 0 saturated heterocycles. The topological polar surface area (TPSA) is 72.5 Å². The van der Waals surface area contributed by atoms with Crippen molar-refractivity contribution in [2.24, 2.45) is 10.9 Å². The van der Waals surface area contributed by atoms with E-state index in [9.17, 15) is 8.42 Å². The van der Waals surface area contributed by atoms with Crippen LogP contribution in [0.3, 0.4) is 0 Å². The van der Waals surface area contributed by atoms with Crippen LogP contribution in [0.25, 0.3) is 0 Å². The third-order valence-electron chi connectivity index (χ3n) is 6.35. The van der Waals surface area contributed by atoms with Gasteiger partial charge in [0.15, 0.2) is 5.70 Å². The number of nitrogens with zero attached hydrogens (tertiary/aromatic N) is 2. The summed E-state index contributed by atoms with van der Waals surface area (Å²) in [5.74, 6) is 6.60. The summed E-state index contributed by atoms with van der Waals surface area (Å²) in [4.78, 5) is 0.149. The molecule has 1 unspecified atom stereocenters. The Balaban J connectivity index is 1.66. The van der Waals surface area contributed by atoms with Gasteiger partial charge in [-0.1, -0.05) is 90.5 Å². The number of aryl methyl sites for hydroxylation is 1. The largest absolute Gasteiger partial charge is 0.374 e. The summed E-state index contributed by atoms with van der Waals surface area (Å²) in [6.45, 7) is 1.91. The Hall–Kier alpha value is -3.32. The van der Waals surface area contributed by atoms with Gasteiger partial charge in [0.25, 0.3) is 0 Å². The third-order valence-corrected chi connectivity index (χ3v) is 8.26. The molecule has 3 aromatic rings. The zero-order valence-corrected chi connectivity index (χ0v) is 18.5. The van der Waals surface area contributed by atoms with Crippen LogP contribution >= 0.6 is 0 Å². The van der Waals surface area contributed by atoms with Crippen molar-refractivity contribution in [3.8, 4) is 0 Å². The summed E-state index contributed by atoms with van der Waals surface area (Å²) in [6, 6.07) is 26.9. The quantitative estimate of drug-likeness (QED) is 0.475. The average Bonchev–Trinajstić information content (AvgIpc) is 3.18. The van der Waals surface area contributed by atoms with Crippen LogP contribution in [0, 0.1) is 6.92 Å². The first-order valence-corrected chi connectivity index (χ1v) is 11.9. The van der Waals surface area contributed by atoms with Gasteiger partial charge in [-0.2, -0.15) is 8.42 Å². The number of sulfonamides is 1. The molecule has 5 nitrogen and oxygen atoms in total. The Kier molecular flexibility index (Phi) is 4.74. The number of hydrogen-bond acceptors (Lipinski definition) is 4. The predicted octanol–water partition coefficient (Wildman–Crippen LogP) is 4.57. The van der Waals surface area contributed by atoms with Crippen molar-refractivity contribution in [2.75, 3.05) is 0 Å². The fraction of sp³-hybridized carbons (Fsp3) is 0.115. The zero-order valence-electron chi connectivity index (χ0n) is 17.7. The number of nitrogens with two attached hydrogens (primary N) is 1. The van der Waals surface area contributed by atoms with Crippen LogP contribution in [-0.2, 0) is 15.4 Å². The van der Waals surface area contributed by atoms with Crippen LogP contribution in [0.15, 0.2) is 118 Å². The molecule has 0 aromatic heterocycles. The molecule has 5 rings (SSSR count). The van der Waals surface area contributed by atoms with Crippen molar-refractivity contribution >= 4 is 16.2 Å². The summed E-state index contributed by atoms with van der Waals surface area (Å²) in [5.41, 5.74) is 3.86. The molecule has 160 valence electrons. The van der Waals surface area contributed by atoms with Crippen LogP contribution in [0.4, 0.5) is 0 Å². The number of benzene rings is 3. The average molecular weight is 443 g/mol. The molecule has 1 heterocycles. The van der Waals surface area contributed by atoms with E-state index in [-0.39, 0.29) is 4.90 Å². The summed E-state index contributed by atoms with van der Waals surface area (Å²) in [7, 11) is -4.01. The molecular formula is C26H24N3O2S+. The van der Waals surface area contributed by atoms with E-state index in [1.807, 2.05) is 49.4 Å². The van der Waals surface area contributed by atoms with Gasteiger partial charge in [0.2, 0.25) is 0 Å². The maximum absolute atomic E-state index is 13.7. The van der Waals surface area contributed by atoms with E-state index >= 15 is 0 Å². The van der Waals surface area contributed by atoms with E-state index in [0.29, 0.717) is 12.1 Å². The smallest absolute Gasteiger partial charge is 0.164 e. The molecule has 0 fully saturated rings. The summed E-state index contributed by atoms with van der Waals surface area (Å²) in [5, 5.41) is 4.31. The molecule has 0 amide bonds. The predicted molar refractivity (Wildman–Crippen MR) is 126 cm³/mol. The molecule has 2 aliphatic rings. The summed E-state index contributed by atoms with van der Waals surface area (Å²) >= 11 is 0. The second-order valence-corrected chi connectivity index (χ2v) is 10.2. The minimum absolute atomic E-state index is 0.149. The molecule has 6 heteroatoms. The van der Waals surface area contributed by atoms with Gasteiger partial charge in [0, 0.05) is 15.9 Å². The first-order chi connectivity index (χ1) is 15.4. The van der Waals surface area contributed by atoms with Gasteiger partial charge in [0.1, 0.15) is 4.90 Å². The molecule has 2 N–H and O–H groups in total. The van der Waals surface area contributed by atoms with Gasteiger partial charge in [-0.05, 0) is 35.3 Å². The molecule has 0 saturated carbocycles. The number of hydrogen-bond donors (Lipinski definition) is 1. The lowest BCUT2D eigenvalue weighted by Crippen LogP contribution is -2.53. The Labute approximate surface area is 188 Å². The molecule has 0 radical (unpaired) electrons. The first-order valence-electron chi connectivity index (χ1n) is 10.5. The zero-order chi connectivity index (χ0) is 22.4.